The summed E-state index contributed by atoms with van der Waals surface area (Å²) in [6, 6.07) is 5.67. The summed E-state index contributed by atoms with van der Waals surface area (Å²) >= 11 is 4.99. The monoisotopic (exact) mass is 318 g/mol. The molecule has 116 valence electrons. The van der Waals surface area contributed by atoms with Gasteiger partial charge in [0.2, 0.25) is 0 Å². The highest BCUT2D eigenvalue weighted by molar-refractivity contribution is 7.71. The van der Waals surface area contributed by atoms with Crippen molar-refractivity contribution in [2.75, 3.05) is 13.2 Å². The Morgan fingerprint density at radius 3 is 3.14 bits per heavy atom. The molecule has 1 amide bonds. The minimum Gasteiger partial charge on any atom is -0.429 e. The fraction of sp³-hybridized carbons (Fsp3) is 0.500. The minimum atomic E-state index is 0.0617. The Hall–Kier alpha value is -1.66. The van der Waals surface area contributed by atoms with Crippen molar-refractivity contribution >= 4 is 29.2 Å². The molecule has 0 radical (unpaired) electrons. The zero-order valence-electron chi connectivity index (χ0n) is 12.2. The molecule has 1 aliphatic heterocycles. The number of oxazole rings is 1. The van der Waals surface area contributed by atoms with E-state index in [0.717, 1.165) is 44.4 Å². The number of benzene rings is 1. The largest absolute Gasteiger partial charge is 0.429 e. The van der Waals surface area contributed by atoms with Crippen molar-refractivity contribution in [1.29, 1.82) is 0 Å². The molecule has 22 heavy (non-hydrogen) atoms. The first-order valence-corrected chi connectivity index (χ1v) is 8.19. The van der Waals surface area contributed by atoms with Crippen LogP contribution in [0, 0.1) is 4.84 Å². The predicted molar refractivity (Wildman–Crippen MR) is 84.4 cm³/mol. The molecule has 0 unspecified atom stereocenters. The molecule has 6 heteroatoms. The lowest BCUT2D eigenvalue weighted by Gasteiger charge is -2.30. The first-order chi connectivity index (χ1) is 10.7. The number of rotatable bonds is 1. The van der Waals surface area contributed by atoms with Crippen LogP contribution in [0.1, 0.15) is 36.0 Å². The number of aromatic nitrogens is 1. The maximum Gasteiger partial charge on any atom is 0.266 e. The number of aromatic amines is 1. The quantitative estimate of drug-likeness (QED) is 0.820. The van der Waals surface area contributed by atoms with Crippen molar-refractivity contribution < 1.29 is 13.9 Å². The van der Waals surface area contributed by atoms with Crippen molar-refractivity contribution in [3.63, 3.8) is 0 Å². The van der Waals surface area contributed by atoms with Gasteiger partial charge in [0.1, 0.15) is 0 Å². The van der Waals surface area contributed by atoms with Crippen LogP contribution in [0.2, 0.25) is 0 Å². The standard InChI is InChI=1S/C16H18N2O3S/c19-15(10-5-6-11-14(9-10)21-16(22)17-11)18-7-2-8-20-13-4-1-3-12(13)18/h5-6,9,12-13H,1-4,7-8H2,(H,17,22)/t12-,13+/m0/s1. The molecule has 1 aromatic carbocycles. The molecule has 2 fully saturated rings. The van der Waals surface area contributed by atoms with E-state index in [0.29, 0.717) is 16.0 Å². The summed E-state index contributed by atoms with van der Waals surface area (Å²) in [5.41, 5.74) is 2.10. The zero-order chi connectivity index (χ0) is 15.1. The third-order valence-electron chi connectivity index (χ3n) is 4.62. The highest BCUT2D eigenvalue weighted by Gasteiger charge is 2.37. The number of amides is 1. The van der Waals surface area contributed by atoms with E-state index in [1.54, 1.807) is 6.07 Å². The van der Waals surface area contributed by atoms with E-state index >= 15 is 0 Å². The number of H-pyrrole nitrogens is 1. The van der Waals surface area contributed by atoms with E-state index in [1.807, 2.05) is 17.0 Å². The average molecular weight is 318 g/mol. The smallest absolute Gasteiger partial charge is 0.266 e. The van der Waals surface area contributed by atoms with Crippen LogP contribution in [0.25, 0.3) is 11.1 Å². The second-order valence-corrected chi connectivity index (χ2v) is 6.36. The fourth-order valence-corrected chi connectivity index (χ4v) is 3.79. The molecular formula is C16H18N2O3S. The highest BCUT2D eigenvalue weighted by Crippen LogP contribution is 2.30. The maximum absolute atomic E-state index is 12.9. The first kappa shape index (κ1) is 14.0. The Balaban J connectivity index is 1.67. The Morgan fingerprint density at radius 1 is 1.32 bits per heavy atom. The van der Waals surface area contributed by atoms with Gasteiger partial charge in [-0.1, -0.05) is 0 Å². The lowest BCUT2D eigenvalue weighted by molar-refractivity contribution is 0.0297. The van der Waals surface area contributed by atoms with E-state index in [1.165, 1.54) is 0 Å². The molecule has 1 saturated heterocycles. The number of ether oxygens (including phenoxy) is 1. The van der Waals surface area contributed by atoms with Crippen LogP contribution in [0.15, 0.2) is 22.6 Å². The Morgan fingerprint density at radius 2 is 2.23 bits per heavy atom. The summed E-state index contributed by atoms with van der Waals surface area (Å²) in [5, 5.41) is 0. The molecule has 2 aliphatic rings. The van der Waals surface area contributed by atoms with Crippen LogP contribution in [-0.2, 0) is 4.74 Å². The van der Waals surface area contributed by atoms with Crippen LogP contribution in [0.4, 0.5) is 0 Å². The number of hydrogen-bond donors (Lipinski definition) is 1. The maximum atomic E-state index is 12.9. The lowest BCUT2D eigenvalue weighted by Crippen LogP contribution is -2.43. The van der Waals surface area contributed by atoms with E-state index in [9.17, 15) is 4.79 Å². The topological polar surface area (TPSA) is 58.5 Å². The summed E-state index contributed by atoms with van der Waals surface area (Å²) in [6.07, 6.45) is 4.31. The summed E-state index contributed by atoms with van der Waals surface area (Å²) in [6.45, 7) is 1.50. The lowest BCUT2D eigenvalue weighted by atomic mass is 10.1. The number of hydrogen-bond acceptors (Lipinski definition) is 4. The van der Waals surface area contributed by atoms with Crippen molar-refractivity contribution in [2.45, 2.75) is 37.8 Å². The average Bonchev–Trinajstić information content (AvgIpc) is 3.06. The van der Waals surface area contributed by atoms with Crippen LogP contribution in [-0.4, -0.2) is 41.1 Å². The molecule has 1 aliphatic carbocycles. The van der Waals surface area contributed by atoms with Crippen LogP contribution < -0.4 is 0 Å². The summed E-state index contributed by atoms with van der Waals surface area (Å²) in [5.74, 6) is 0.0617. The van der Waals surface area contributed by atoms with Crippen LogP contribution in [0.5, 0.6) is 0 Å². The zero-order valence-corrected chi connectivity index (χ0v) is 13.0. The first-order valence-electron chi connectivity index (χ1n) is 7.78. The Bertz CT molecular complexity index is 766. The summed E-state index contributed by atoms with van der Waals surface area (Å²) in [7, 11) is 0. The normalized spacial score (nSPS) is 25.2. The third-order valence-corrected chi connectivity index (χ3v) is 4.81. The van der Waals surface area contributed by atoms with Gasteiger partial charge in [0.15, 0.2) is 5.58 Å². The van der Waals surface area contributed by atoms with Gasteiger partial charge in [-0.2, -0.15) is 0 Å². The Labute approximate surface area is 133 Å². The third kappa shape index (κ3) is 2.36. The van der Waals surface area contributed by atoms with Gasteiger partial charge in [-0.3, -0.25) is 4.79 Å². The van der Waals surface area contributed by atoms with E-state index < -0.39 is 0 Å². The minimum absolute atomic E-state index is 0.0617. The molecule has 1 aromatic heterocycles. The SMILES string of the molecule is O=C(c1ccc2[nH]c(=S)oc2c1)N1CCCO[C@@H]2CCC[C@@H]21. The molecule has 1 N–H and O–H groups in total. The predicted octanol–water partition coefficient (Wildman–Crippen LogP) is 3.27. The molecule has 0 bridgehead atoms. The second kappa shape index (κ2) is 5.52. The highest BCUT2D eigenvalue weighted by atomic mass is 32.1. The van der Waals surface area contributed by atoms with Gasteiger partial charge in [0.25, 0.3) is 10.7 Å². The molecule has 1 saturated carbocycles. The van der Waals surface area contributed by atoms with Crippen molar-refractivity contribution in [1.82, 2.24) is 9.88 Å². The molecular weight excluding hydrogens is 300 g/mol. The molecule has 2 heterocycles. The molecule has 0 spiro atoms. The van der Waals surface area contributed by atoms with Crippen molar-refractivity contribution in [3.8, 4) is 0 Å². The van der Waals surface area contributed by atoms with Crippen LogP contribution >= 0.6 is 12.2 Å². The van der Waals surface area contributed by atoms with Crippen LogP contribution in [0.3, 0.4) is 0 Å². The van der Waals surface area contributed by atoms with Gasteiger partial charge in [-0.15, -0.1) is 0 Å². The number of nitrogens with one attached hydrogen (secondary N) is 1. The fourth-order valence-electron chi connectivity index (χ4n) is 3.59. The van der Waals surface area contributed by atoms with E-state index in [4.69, 9.17) is 21.4 Å². The number of nitrogens with zero attached hydrogens (tertiary/aromatic N) is 1. The number of carbonyl (C=O) groups is 1. The van der Waals surface area contributed by atoms with E-state index in [-0.39, 0.29) is 18.1 Å². The van der Waals surface area contributed by atoms with Gasteiger partial charge in [0.05, 0.1) is 17.7 Å². The number of carbonyl (C=O) groups excluding carboxylic acids is 1. The summed E-state index contributed by atoms with van der Waals surface area (Å²) in [4.78, 5) is 18.2. The number of fused-ring (bicyclic) bond motifs is 2. The van der Waals surface area contributed by atoms with Gasteiger partial charge in [0, 0.05) is 18.7 Å². The summed E-state index contributed by atoms with van der Waals surface area (Å²) < 4.78 is 11.3. The molecule has 4 rings (SSSR count). The molecule has 2 atom stereocenters. The van der Waals surface area contributed by atoms with E-state index in [2.05, 4.69) is 4.98 Å². The van der Waals surface area contributed by atoms with Crippen molar-refractivity contribution in [2.24, 2.45) is 0 Å². The van der Waals surface area contributed by atoms with Gasteiger partial charge in [-0.25, -0.2) is 0 Å². The van der Waals surface area contributed by atoms with Gasteiger partial charge in [-0.05, 0) is 56.1 Å². The van der Waals surface area contributed by atoms with Gasteiger partial charge < -0.3 is 19.0 Å². The van der Waals surface area contributed by atoms with Gasteiger partial charge >= 0.3 is 0 Å². The molecule has 5 nitrogen and oxygen atoms in total. The Kier molecular flexibility index (Phi) is 3.50. The second-order valence-electron chi connectivity index (χ2n) is 5.99. The molecule has 2 aromatic rings. The van der Waals surface area contributed by atoms with Crippen molar-refractivity contribution in [3.05, 3.63) is 28.6 Å².